The summed E-state index contributed by atoms with van der Waals surface area (Å²) in [5.41, 5.74) is 0.756. The number of aromatic carboxylic acids is 1. The van der Waals surface area contributed by atoms with Crippen LogP contribution in [0.2, 0.25) is 0 Å². The molecule has 0 saturated heterocycles. The molecule has 2 aromatic rings. The van der Waals surface area contributed by atoms with E-state index in [1.165, 1.54) is 12.3 Å². The van der Waals surface area contributed by atoms with Gasteiger partial charge in [0.05, 0.1) is 6.54 Å². The lowest BCUT2D eigenvalue weighted by Gasteiger charge is -2.04. The fraction of sp³-hybridized carbons (Fsp3) is 0.100. The first kappa shape index (κ1) is 10.6. The second kappa shape index (κ2) is 4.71. The van der Waals surface area contributed by atoms with E-state index in [9.17, 15) is 4.79 Å². The third-order valence-corrected chi connectivity index (χ3v) is 2.69. The Kier molecular flexibility index (Phi) is 3.11. The van der Waals surface area contributed by atoms with E-state index in [4.69, 9.17) is 5.11 Å². The molecule has 0 fully saturated rings. The number of hydrogen-bond donors (Lipinski definition) is 2. The van der Waals surface area contributed by atoms with Crippen molar-refractivity contribution < 1.29 is 9.90 Å². The van der Waals surface area contributed by atoms with Gasteiger partial charge in [-0.05, 0) is 12.1 Å². The first-order chi connectivity index (χ1) is 7.75. The van der Waals surface area contributed by atoms with Crippen LogP contribution in [0.4, 0.5) is 5.69 Å². The summed E-state index contributed by atoms with van der Waals surface area (Å²) in [7, 11) is 0. The molecule has 0 bridgehead atoms. The second-order valence-electron chi connectivity index (χ2n) is 3.01. The summed E-state index contributed by atoms with van der Waals surface area (Å²) in [5.74, 6) is -1.03. The fourth-order valence-corrected chi connectivity index (χ4v) is 1.73. The standard InChI is InChI=1S/C10H9N3O2S/c14-10(15)8-5-7(1-2-11-8)13-6-9-12-3-4-16-9/h1-5H,6H2,(H,11,13)(H,14,15). The zero-order valence-electron chi connectivity index (χ0n) is 8.25. The Hall–Kier alpha value is -1.95. The average molecular weight is 235 g/mol. The monoisotopic (exact) mass is 235 g/mol. The number of aromatic nitrogens is 2. The van der Waals surface area contributed by atoms with Crippen LogP contribution < -0.4 is 5.32 Å². The minimum Gasteiger partial charge on any atom is -0.477 e. The van der Waals surface area contributed by atoms with Crippen LogP contribution in [0.1, 0.15) is 15.5 Å². The van der Waals surface area contributed by atoms with E-state index in [-0.39, 0.29) is 5.69 Å². The quantitative estimate of drug-likeness (QED) is 0.845. The van der Waals surface area contributed by atoms with Crippen molar-refractivity contribution in [2.24, 2.45) is 0 Å². The lowest BCUT2D eigenvalue weighted by atomic mass is 10.3. The molecule has 2 aromatic heterocycles. The third kappa shape index (κ3) is 2.54. The molecular formula is C10H9N3O2S. The van der Waals surface area contributed by atoms with Gasteiger partial charge in [0.2, 0.25) is 0 Å². The molecule has 0 amide bonds. The summed E-state index contributed by atoms with van der Waals surface area (Å²) in [4.78, 5) is 18.5. The number of nitrogens with one attached hydrogen (secondary N) is 1. The van der Waals surface area contributed by atoms with Gasteiger partial charge in [-0.25, -0.2) is 14.8 Å². The minimum atomic E-state index is -1.03. The molecule has 0 aliphatic carbocycles. The predicted molar refractivity (Wildman–Crippen MR) is 60.6 cm³/mol. The molecule has 2 heterocycles. The Morgan fingerprint density at radius 2 is 2.31 bits per heavy atom. The van der Waals surface area contributed by atoms with Gasteiger partial charge in [-0.15, -0.1) is 11.3 Å². The summed E-state index contributed by atoms with van der Waals surface area (Å²) >= 11 is 1.55. The van der Waals surface area contributed by atoms with Gasteiger partial charge in [0.15, 0.2) is 0 Å². The van der Waals surface area contributed by atoms with E-state index in [0.29, 0.717) is 6.54 Å². The van der Waals surface area contributed by atoms with Crippen molar-refractivity contribution >= 4 is 23.0 Å². The molecule has 0 unspecified atom stereocenters. The maximum Gasteiger partial charge on any atom is 0.354 e. The van der Waals surface area contributed by atoms with Gasteiger partial charge in [0, 0.05) is 23.5 Å². The number of nitrogens with zero attached hydrogens (tertiary/aromatic N) is 2. The highest BCUT2D eigenvalue weighted by Gasteiger charge is 2.04. The fourth-order valence-electron chi connectivity index (χ4n) is 1.18. The van der Waals surface area contributed by atoms with Gasteiger partial charge in [-0.1, -0.05) is 0 Å². The molecule has 0 saturated carbocycles. The van der Waals surface area contributed by atoms with Crippen LogP contribution in [-0.4, -0.2) is 21.0 Å². The summed E-state index contributed by atoms with van der Waals surface area (Å²) in [6.07, 6.45) is 3.20. The Morgan fingerprint density at radius 1 is 1.44 bits per heavy atom. The summed E-state index contributed by atoms with van der Waals surface area (Å²) in [6.45, 7) is 0.584. The first-order valence-corrected chi connectivity index (χ1v) is 5.45. The second-order valence-corrected chi connectivity index (χ2v) is 3.99. The van der Waals surface area contributed by atoms with E-state index in [2.05, 4.69) is 15.3 Å². The smallest absolute Gasteiger partial charge is 0.354 e. The number of carbonyl (C=O) groups is 1. The van der Waals surface area contributed by atoms with Crippen molar-refractivity contribution in [2.45, 2.75) is 6.54 Å². The zero-order valence-corrected chi connectivity index (χ0v) is 9.07. The van der Waals surface area contributed by atoms with Crippen molar-refractivity contribution in [1.82, 2.24) is 9.97 Å². The average Bonchev–Trinajstić information content (AvgIpc) is 2.79. The van der Waals surface area contributed by atoms with E-state index in [1.807, 2.05) is 5.38 Å². The van der Waals surface area contributed by atoms with Crippen molar-refractivity contribution in [1.29, 1.82) is 0 Å². The molecule has 0 spiro atoms. The molecule has 82 valence electrons. The van der Waals surface area contributed by atoms with Gasteiger partial charge in [-0.2, -0.15) is 0 Å². The Bertz CT molecular complexity index is 485. The van der Waals surface area contributed by atoms with Crippen LogP contribution in [-0.2, 0) is 6.54 Å². The molecular weight excluding hydrogens is 226 g/mol. The van der Waals surface area contributed by atoms with E-state index >= 15 is 0 Å². The van der Waals surface area contributed by atoms with Gasteiger partial charge in [-0.3, -0.25) is 0 Å². The minimum absolute atomic E-state index is 0.0316. The number of rotatable bonds is 4. The van der Waals surface area contributed by atoms with Gasteiger partial charge in [0.1, 0.15) is 10.7 Å². The molecule has 0 radical (unpaired) electrons. The Balaban J connectivity index is 2.04. The van der Waals surface area contributed by atoms with Gasteiger partial charge < -0.3 is 10.4 Å². The highest BCUT2D eigenvalue weighted by Crippen LogP contribution is 2.11. The van der Waals surface area contributed by atoms with E-state index in [1.54, 1.807) is 23.6 Å². The van der Waals surface area contributed by atoms with Gasteiger partial charge in [0.25, 0.3) is 0 Å². The lowest BCUT2D eigenvalue weighted by molar-refractivity contribution is 0.0690. The number of carboxylic acids is 1. The highest BCUT2D eigenvalue weighted by atomic mass is 32.1. The van der Waals surface area contributed by atoms with E-state index < -0.39 is 5.97 Å². The summed E-state index contributed by atoms with van der Waals surface area (Å²) in [5, 5.41) is 14.7. The zero-order chi connectivity index (χ0) is 11.4. The molecule has 16 heavy (non-hydrogen) atoms. The van der Waals surface area contributed by atoms with Crippen LogP contribution in [0.25, 0.3) is 0 Å². The highest BCUT2D eigenvalue weighted by molar-refractivity contribution is 7.09. The van der Waals surface area contributed by atoms with Crippen molar-refractivity contribution in [2.75, 3.05) is 5.32 Å². The maximum atomic E-state index is 10.7. The van der Waals surface area contributed by atoms with Crippen molar-refractivity contribution in [3.8, 4) is 0 Å². The molecule has 5 nitrogen and oxygen atoms in total. The number of carboxylic acid groups (broad SMARTS) is 1. The number of hydrogen-bond acceptors (Lipinski definition) is 5. The molecule has 2 N–H and O–H groups in total. The molecule has 0 aliphatic rings. The number of thiazole rings is 1. The van der Waals surface area contributed by atoms with Crippen LogP contribution in [0.5, 0.6) is 0 Å². The largest absolute Gasteiger partial charge is 0.477 e. The van der Waals surface area contributed by atoms with E-state index in [0.717, 1.165) is 10.7 Å². The van der Waals surface area contributed by atoms with Crippen LogP contribution in [0.15, 0.2) is 29.9 Å². The molecule has 0 atom stereocenters. The maximum absolute atomic E-state index is 10.7. The Labute approximate surface area is 95.8 Å². The molecule has 0 aliphatic heterocycles. The molecule has 6 heteroatoms. The first-order valence-electron chi connectivity index (χ1n) is 4.57. The number of pyridine rings is 1. The lowest BCUT2D eigenvalue weighted by Crippen LogP contribution is -2.03. The predicted octanol–water partition coefficient (Wildman–Crippen LogP) is 1.85. The molecule has 0 aromatic carbocycles. The number of anilines is 1. The Morgan fingerprint density at radius 3 is 3.00 bits per heavy atom. The topological polar surface area (TPSA) is 75.1 Å². The SMILES string of the molecule is O=C(O)c1cc(NCc2nccs2)ccn1. The third-order valence-electron chi connectivity index (χ3n) is 1.91. The van der Waals surface area contributed by atoms with Crippen LogP contribution >= 0.6 is 11.3 Å². The summed E-state index contributed by atoms with van der Waals surface area (Å²) in [6, 6.07) is 3.22. The normalized spacial score (nSPS) is 10.0. The van der Waals surface area contributed by atoms with Crippen LogP contribution in [0, 0.1) is 0 Å². The summed E-state index contributed by atoms with van der Waals surface area (Å²) < 4.78 is 0. The van der Waals surface area contributed by atoms with Crippen molar-refractivity contribution in [3.05, 3.63) is 40.6 Å². The van der Waals surface area contributed by atoms with Crippen LogP contribution in [0.3, 0.4) is 0 Å². The molecule has 2 rings (SSSR count). The van der Waals surface area contributed by atoms with Gasteiger partial charge >= 0.3 is 5.97 Å². The van der Waals surface area contributed by atoms with Crippen molar-refractivity contribution in [3.63, 3.8) is 0 Å².